The molecule has 2 saturated heterocycles. The average Bonchev–Trinajstić information content (AvgIpc) is 3.00. The van der Waals surface area contributed by atoms with Gasteiger partial charge in [-0.2, -0.15) is 0 Å². The molecule has 0 bridgehead atoms. The van der Waals surface area contributed by atoms with Crippen LogP contribution in [-0.4, -0.2) is 82.0 Å². The zero-order valence-corrected chi connectivity index (χ0v) is 26.0. The maximum absolute atomic E-state index is 8.85. The Balaban J connectivity index is 0.000000201. The fraction of sp³-hybridized carbons (Fsp3) is 0.419. The number of piperazine rings is 2. The lowest BCUT2D eigenvalue weighted by Gasteiger charge is -2.39. The van der Waals surface area contributed by atoms with Gasteiger partial charge in [0.2, 0.25) is 0 Å². The van der Waals surface area contributed by atoms with Gasteiger partial charge in [-0.3, -0.25) is 0 Å². The number of nitrogens with one attached hydrogen (secondary N) is 2. The third-order valence-corrected chi connectivity index (χ3v) is 8.03. The molecule has 0 spiro atoms. The van der Waals surface area contributed by atoms with Crippen LogP contribution in [0.4, 0.5) is 11.4 Å². The number of rotatable bonds is 9. The molecule has 2 heterocycles. The first-order valence-electron chi connectivity index (χ1n) is 14.2. The summed E-state index contributed by atoms with van der Waals surface area (Å²) in [5.41, 5.74) is 3.22. The van der Waals surface area contributed by atoms with Crippen LogP contribution in [0.25, 0.3) is 0 Å². The smallest absolute Gasteiger partial charge is 0.121 e. The summed E-state index contributed by atoms with van der Waals surface area (Å²) in [6.45, 7) is 8.24. The number of aliphatic hydroxyl groups excluding tert-OH is 2. The van der Waals surface area contributed by atoms with Crippen molar-refractivity contribution in [3.05, 3.63) is 81.3 Å². The van der Waals surface area contributed by atoms with E-state index in [0.717, 1.165) is 55.7 Å². The molecule has 11 heteroatoms. The summed E-state index contributed by atoms with van der Waals surface area (Å²) in [5, 5.41) is 26.4. The first-order valence-corrected chi connectivity index (χ1v) is 15.3. The normalized spacial score (nSPS) is 18.7. The summed E-state index contributed by atoms with van der Waals surface area (Å²) in [7, 11) is 0. The fourth-order valence-electron chi connectivity index (χ4n) is 5.12. The van der Waals surface area contributed by atoms with E-state index < -0.39 is 0 Å². The molecule has 42 heavy (non-hydrogen) atoms. The van der Waals surface area contributed by atoms with E-state index in [1.807, 2.05) is 36.4 Å². The SMILES string of the molecule is C[C@H]1CNCCN1c1ccc(OCCO)cc1Cl.OCCOc1ccc(N2CCNC[C@H]2c2ccc(Cl)cc2)c(Cl)c1. The van der Waals surface area contributed by atoms with Gasteiger partial charge in [-0.1, -0.05) is 46.9 Å². The maximum Gasteiger partial charge on any atom is 0.121 e. The largest absolute Gasteiger partial charge is 0.491 e. The minimum atomic E-state index is -0.0180. The van der Waals surface area contributed by atoms with Crippen molar-refractivity contribution in [3.8, 4) is 11.5 Å². The van der Waals surface area contributed by atoms with Crippen molar-refractivity contribution in [1.82, 2.24) is 10.6 Å². The van der Waals surface area contributed by atoms with Crippen molar-refractivity contribution in [2.45, 2.75) is 19.0 Å². The number of anilines is 2. The Kier molecular flexibility index (Phi) is 12.7. The van der Waals surface area contributed by atoms with Crippen molar-refractivity contribution in [3.63, 3.8) is 0 Å². The van der Waals surface area contributed by atoms with Crippen molar-refractivity contribution in [2.75, 3.05) is 75.5 Å². The highest BCUT2D eigenvalue weighted by molar-refractivity contribution is 6.33. The topological polar surface area (TPSA) is 89.5 Å². The van der Waals surface area contributed by atoms with Gasteiger partial charge in [0.15, 0.2) is 0 Å². The second-order valence-corrected chi connectivity index (χ2v) is 11.3. The molecule has 0 saturated carbocycles. The van der Waals surface area contributed by atoms with Gasteiger partial charge in [-0.05, 0) is 48.9 Å². The van der Waals surface area contributed by atoms with Gasteiger partial charge < -0.3 is 40.1 Å². The first-order chi connectivity index (χ1) is 20.4. The number of hydrogen-bond acceptors (Lipinski definition) is 8. The molecule has 0 aromatic heterocycles. The van der Waals surface area contributed by atoms with Crippen molar-refractivity contribution in [1.29, 1.82) is 0 Å². The predicted molar refractivity (Wildman–Crippen MR) is 172 cm³/mol. The predicted octanol–water partition coefficient (Wildman–Crippen LogP) is 5.02. The van der Waals surface area contributed by atoms with E-state index in [9.17, 15) is 0 Å². The molecule has 8 nitrogen and oxygen atoms in total. The minimum absolute atomic E-state index is 0.00813. The van der Waals surface area contributed by atoms with Crippen LogP contribution in [0.15, 0.2) is 60.7 Å². The summed E-state index contributed by atoms with van der Waals surface area (Å²) < 4.78 is 10.8. The van der Waals surface area contributed by atoms with E-state index in [0.29, 0.717) is 34.2 Å². The molecule has 2 aliphatic rings. The molecule has 0 aliphatic carbocycles. The Morgan fingerprint density at radius 1 is 0.738 bits per heavy atom. The Morgan fingerprint density at radius 3 is 1.79 bits per heavy atom. The van der Waals surface area contributed by atoms with Crippen LogP contribution in [0.3, 0.4) is 0 Å². The second kappa shape index (κ2) is 16.4. The van der Waals surface area contributed by atoms with Gasteiger partial charge in [0, 0.05) is 62.5 Å². The molecule has 228 valence electrons. The molecule has 2 atom stereocenters. The Morgan fingerprint density at radius 2 is 1.26 bits per heavy atom. The van der Waals surface area contributed by atoms with Crippen molar-refractivity contribution >= 4 is 46.2 Å². The molecule has 0 amide bonds. The van der Waals surface area contributed by atoms with Crippen LogP contribution < -0.4 is 29.9 Å². The van der Waals surface area contributed by atoms with Crippen LogP contribution in [0.1, 0.15) is 18.5 Å². The van der Waals surface area contributed by atoms with E-state index in [2.05, 4.69) is 39.5 Å². The highest BCUT2D eigenvalue weighted by Gasteiger charge is 2.26. The van der Waals surface area contributed by atoms with Gasteiger partial charge in [0.1, 0.15) is 24.7 Å². The van der Waals surface area contributed by atoms with E-state index in [1.54, 1.807) is 12.1 Å². The van der Waals surface area contributed by atoms with Crippen LogP contribution >= 0.6 is 34.8 Å². The number of aliphatic hydroxyl groups is 2. The Hall–Kier alpha value is -2.43. The third-order valence-electron chi connectivity index (χ3n) is 7.18. The second-order valence-electron chi connectivity index (χ2n) is 10.1. The highest BCUT2D eigenvalue weighted by Crippen LogP contribution is 2.36. The van der Waals surface area contributed by atoms with Gasteiger partial charge in [-0.15, -0.1) is 0 Å². The number of benzene rings is 3. The van der Waals surface area contributed by atoms with E-state index >= 15 is 0 Å². The quantitative estimate of drug-likeness (QED) is 0.260. The maximum atomic E-state index is 8.85. The number of ether oxygens (including phenoxy) is 2. The summed E-state index contributed by atoms with van der Waals surface area (Å²) in [6.07, 6.45) is 0. The van der Waals surface area contributed by atoms with Crippen LogP contribution in [0.2, 0.25) is 15.1 Å². The summed E-state index contributed by atoms with van der Waals surface area (Å²) in [5.74, 6) is 1.36. The molecule has 0 radical (unpaired) electrons. The lowest BCUT2D eigenvalue weighted by Crippen LogP contribution is -2.50. The zero-order valence-electron chi connectivity index (χ0n) is 23.7. The molecular formula is C31H39Cl3N4O4. The molecule has 5 rings (SSSR count). The lowest BCUT2D eigenvalue weighted by atomic mass is 10.0. The summed E-state index contributed by atoms with van der Waals surface area (Å²) in [6, 6.07) is 19.9. The van der Waals surface area contributed by atoms with Crippen LogP contribution in [0, 0.1) is 0 Å². The minimum Gasteiger partial charge on any atom is -0.491 e. The van der Waals surface area contributed by atoms with Gasteiger partial charge >= 0.3 is 0 Å². The molecule has 3 aromatic carbocycles. The van der Waals surface area contributed by atoms with Gasteiger partial charge in [0.05, 0.1) is 40.7 Å². The highest BCUT2D eigenvalue weighted by atomic mass is 35.5. The summed E-state index contributed by atoms with van der Waals surface area (Å²) >= 11 is 18.8. The Bertz CT molecular complexity index is 1270. The average molecular weight is 638 g/mol. The molecule has 2 aliphatic heterocycles. The van der Waals surface area contributed by atoms with Crippen LogP contribution in [-0.2, 0) is 0 Å². The lowest BCUT2D eigenvalue weighted by molar-refractivity contribution is 0.201. The molecular weight excluding hydrogens is 599 g/mol. The molecule has 3 aromatic rings. The van der Waals surface area contributed by atoms with E-state index in [4.69, 9.17) is 54.5 Å². The summed E-state index contributed by atoms with van der Waals surface area (Å²) in [4.78, 5) is 4.60. The van der Waals surface area contributed by atoms with Gasteiger partial charge in [-0.25, -0.2) is 0 Å². The standard InChI is InChI=1S/C18H20Cl2N2O2.C13H19ClN2O2/c19-14-3-1-13(2-4-14)18-12-21-7-8-22(18)17-6-5-15(11-16(17)20)24-10-9-23;1-10-9-15-4-5-16(10)13-3-2-11(8-12(13)14)18-7-6-17/h1-6,11,18,21,23H,7-10,12H2;2-3,8,10,15,17H,4-7,9H2,1H3/t18-;10-/m00/s1. The molecule has 4 N–H and O–H groups in total. The van der Waals surface area contributed by atoms with Crippen molar-refractivity contribution in [2.24, 2.45) is 0 Å². The number of nitrogens with zero attached hydrogens (tertiary/aromatic N) is 2. The Labute approximate surface area is 263 Å². The van der Waals surface area contributed by atoms with E-state index in [-0.39, 0.29) is 25.9 Å². The molecule has 2 fully saturated rings. The zero-order chi connectivity index (χ0) is 29.9. The number of halogens is 3. The van der Waals surface area contributed by atoms with Crippen LogP contribution in [0.5, 0.6) is 11.5 Å². The first kappa shape index (κ1) is 32.5. The molecule has 0 unspecified atom stereocenters. The third kappa shape index (κ3) is 8.80. The monoisotopic (exact) mass is 636 g/mol. The van der Waals surface area contributed by atoms with Crippen molar-refractivity contribution < 1.29 is 19.7 Å². The van der Waals surface area contributed by atoms with E-state index in [1.165, 1.54) is 5.56 Å². The van der Waals surface area contributed by atoms with Gasteiger partial charge in [0.25, 0.3) is 0 Å². The fourth-order valence-corrected chi connectivity index (χ4v) is 5.81. The number of hydrogen-bond donors (Lipinski definition) is 4.